The van der Waals surface area contributed by atoms with Crippen LogP contribution in [0.2, 0.25) is 0 Å². The molecule has 0 fully saturated rings. The van der Waals surface area contributed by atoms with E-state index in [1.54, 1.807) is 41.8 Å². The van der Waals surface area contributed by atoms with Crippen LogP contribution in [0, 0.1) is 18.4 Å². The maximum Gasteiger partial charge on any atom is 0.515 e. The Morgan fingerprint density at radius 2 is 2.06 bits per heavy atom. The number of guanidine groups is 1. The molecule has 0 radical (unpaired) electrons. The van der Waals surface area contributed by atoms with E-state index in [0.29, 0.717) is 18.3 Å². The fraction of sp³-hybridized carbons (Fsp3) is 0.500. The van der Waals surface area contributed by atoms with Crippen LogP contribution >= 0.6 is 11.8 Å². The van der Waals surface area contributed by atoms with Crippen molar-refractivity contribution >= 4 is 23.9 Å². The third-order valence-electron chi connectivity index (χ3n) is 5.14. The van der Waals surface area contributed by atoms with Crippen LogP contribution in [-0.4, -0.2) is 41.0 Å². The molecule has 2 rings (SSSR count). The molecular formula is C24H34N6O3S. The predicted octanol–water partition coefficient (Wildman–Crippen LogP) is 4.37. The largest absolute Gasteiger partial charge is 0.515 e. The van der Waals surface area contributed by atoms with Crippen LogP contribution in [0.1, 0.15) is 49.6 Å². The molecule has 9 nitrogen and oxygen atoms in total. The van der Waals surface area contributed by atoms with Gasteiger partial charge in [0, 0.05) is 30.8 Å². The number of aromatic nitrogens is 2. The quantitative estimate of drug-likeness (QED) is 0.0816. The second-order valence-corrected chi connectivity index (χ2v) is 8.72. The van der Waals surface area contributed by atoms with Crippen molar-refractivity contribution in [3.05, 3.63) is 47.5 Å². The van der Waals surface area contributed by atoms with Gasteiger partial charge >= 0.3 is 6.16 Å². The predicted molar refractivity (Wildman–Crippen MR) is 135 cm³/mol. The van der Waals surface area contributed by atoms with Crippen molar-refractivity contribution in [3.63, 3.8) is 0 Å². The number of aryl methyl sites for hydroxylation is 1. The molecule has 1 aromatic heterocycles. The minimum atomic E-state index is -0.745. The number of hydrogen-bond acceptors (Lipinski definition) is 7. The molecule has 0 aliphatic heterocycles. The lowest BCUT2D eigenvalue weighted by molar-refractivity contribution is 0.0710. The fourth-order valence-corrected chi connectivity index (χ4v) is 4.00. The number of hydrogen-bond donors (Lipinski definition) is 2. The molecule has 0 aliphatic carbocycles. The molecule has 0 amide bonds. The van der Waals surface area contributed by atoms with E-state index < -0.39 is 6.16 Å². The van der Waals surface area contributed by atoms with E-state index in [1.807, 2.05) is 25.2 Å². The van der Waals surface area contributed by atoms with Crippen LogP contribution < -0.4 is 15.4 Å². The normalized spacial score (nSPS) is 11.1. The van der Waals surface area contributed by atoms with Crippen LogP contribution in [0.3, 0.4) is 0 Å². The number of aliphatic imine (C=N–C) groups is 1. The number of nitrogens with one attached hydrogen (secondary N) is 2. The Bertz CT molecular complexity index is 953. The fourth-order valence-electron chi connectivity index (χ4n) is 3.13. The van der Waals surface area contributed by atoms with Gasteiger partial charge in [0.2, 0.25) is 5.96 Å². The maximum absolute atomic E-state index is 12.1. The number of benzene rings is 1. The summed E-state index contributed by atoms with van der Waals surface area (Å²) in [6.07, 6.45) is 8.68. The number of nitrogens with zero attached hydrogens (tertiary/aromatic N) is 4. The molecule has 34 heavy (non-hydrogen) atoms. The average Bonchev–Trinajstić information content (AvgIpc) is 3.19. The molecule has 0 spiro atoms. The molecule has 184 valence electrons. The van der Waals surface area contributed by atoms with Crippen LogP contribution in [-0.2, 0) is 23.6 Å². The summed E-state index contributed by atoms with van der Waals surface area (Å²) in [6, 6.07) is 7.58. The summed E-state index contributed by atoms with van der Waals surface area (Å²) in [4.78, 5) is 20.4. The zero-order chi connectivity index (χ0) is 24.6. The van der Waals surface area contributed by atoms with Crippen molar-refractivity contribution in [1.29, 1.82) is 5.26 Å². The second kappa shape index (κ2) is 15.6. The van der Waals surface area contributed by atoms with Crippen LogP contribution in [0.15, 0.2) is 35.6 Å². The highest BCUT2D eigenvalue weighted by atomic mass is 32.2. The highest BCUT2D eigenvalue weighted by Gasteiger charge is 2.11. The maximum atomic E-state index is 12.1. The molecule has 0 saturated carbocycles. The number of rotatable bonds is 13. The molecule has 1 aromatic carbocycles. The van der Waals surface area contributed by atoms with Gasteiger partial charge in [-0.15, -0.1) is 0 Å². The van der Waals surface area contributed by atoms with E-state index in [0.717, 1.165) is 29.3 Å². The first-order chi connectivity index (χ1) is 16.6. The molecule has 2 aromatic rings. The summed E-state index contributed by atoms with van der Waals surface area (Å²) in [5.74, 6) is 2.46. The Morgan fingerprint density at radius 3 is 2.76 bits per heavy atom. The minimum Gasteiger partial charge on any atom is -0.412 e. The van der Waals surface area contributed by atoms with Gasteiger partial charge in [-0.1, -0.05) is 38.3 Å². The van der Waals surface area contributed by atoms with Gasteiger partial charge in [-0.25, -0.2) is 9.78 Å². The molecule has 0 bridgehead atoms. The van der Waals surface area contributed by atoms with Gasteiger partial charge in [0.15, 0.2) is 12.9 Å². The summed E-state index contributed by atoms with van der Waals surface area (Å²) < 4.78 is 12.3. The Labute approximate surface area is 206 Å². The van der Waals surface area contributed by atoms with E-state index >= 15 is 0 Å². The number of imidazole rings is 1. The Morgan fingerprint density at radius 1 is 1.26 bits per heavy atom. The van der Waals surface area contributed by atoms with Gasteiger partial charge in [-0.2, -0.15) is 17.0 Å². The van der Waals surface area contributed by atoms with Crippen molar-refractivity contribution in [1.82, 2.24) is 20.2 Å². The van der Waals surface area contributed by atoms with E-state index in [1.165, 1.54) is 31.2 Å². The summed E-state index contributed by atoms with van der Waals surface area (Å²) in [5, 5.41) is 14.1. The smallest absolute Gasteiger partial charge is 0.412 e. The van der Waals surface area contributed by atoms with Crippen LogP contribution in [0.4, 0.5) is 4.79 Å². The molecule has 0 aliphatic rings. The van der Waals surface area contributed by atoms with E-state index in [4.69, 9.17) is 14.7 Å². The van der Waals surface area contributed by atoms with Crippen molar-refractivity contribution < 1.29 is 14.3 Å². The third-order valence-corrected chi connectivity index (χ3v) is 6.11. The molecular weight excluding hydrogens is 452 g/mol. The topological polar surface area (TPSA) is 114 Å². The lowest BCUT2D eigenvalue weighted by Gasteiger charge is -2.09. The summed E-state index contributed by atoms with van der Waals surface area (Å²) in [7, 11) is 1.61. The Balaban J connectivity index is 1.69. The van der Waals surface area contributed by atoms with Gasteiger partial charge in [-0.3, -0.25) is 10.3 Å². The van der Waals surface area contributed by atoms with Crippen molar-refractivity contribution in [2.75, 3.05) is 19.3 Å². The Kier molecular flexibility index (Phi) is 12.4. The zero-order valence-corrected chi connectivity index (χ0v) is 21.0. The molecule has 0 saturated heterocycles. The summed E-state index contributed by atoms with van der Waals surface area (Å²) in [5.41, 5.74) is 3.10. The van der Waals surface area contributed by atoms with Crippen molar-refractivity contribution in [3.8, 4) is 11.9 Å². The monoisotopic (exact) mass is 486 g/mol. The SMILES string of the molecule is CCCCCCc1ccc(OC(=O)OCn2cnc(CSCCNC(=NC)NC#N)c2C)cc1. The molecule has 2 N–H and O–H groups in total. The zero-order valence-electron chi connectivity index (χ0n) is 20.2. The lowest BCUT2D eigenvalue weighted by atomic mass is 10.1. The van der Waals surface area contributed by atoms with E-state index in [-0.39, 0.29) is 6.73 Å². The van der Waals surface area contributed by atoms with Crippen LogP contribution in [0.5, 0.6) is 5.75 Å². The molecule has 10 heteroatoms. The van der Waals surface area contributed by atoms with Gasteiger partial charge in [-0.05, 0) is 37.5 Å². The number of nitriles is 1. The van der Waals surface area contributed by atoms with E-state index in [2.05, 4.69) is 27.5 Å². The van der Waals surface area contributed by atoms with Crippen molar-refractivity contribution in [2.24, 2.45) is 4.99 Å². The first-order valence-electron chi connectivity index (χ1n) is 11.4. The highest BCUT2D eigenvalue weighted by Crippen LogP contribution is 2.17. The number of unbranched alkanes of at least 4 members (excludes halogenated alkanes) is 3. The molecule has 0 atom stereocenters. The van der Waals surface area contributed by atoms with Crippen molar-refractivity contribution in [2.45, 2.75) is 58.4 Å². The number of carbonyl (C=O) groups is 1. The van der Waals surface area contributed by atoms with Gasteiger partial charge in [0.25, 0.3) is 0 Å². The third kappa shape index (κ3) is 9.75. The number of thioether (sulfide) groups is 1. The first kappa shape index (κ1) is 27.1. The summed E-state index contributed by atoms with van der Waals surface area (Å²) in [6.45, 7) is 4.85. The van der Waals surface area contributed by atoms with Gasteiger partial charge in [0.05, 0.1) is 12.0 Å². The van der Waals surface area contributed by atoms with E-state index in [9.17, 15) is 4.79 Å². The standard InChI is InChI=1S/C24H34N6O3S/c1-4-5-6-7-8-20-9-11-21(12-10-20)33-24(31)32-18-30-17-29-22(19(30)2)15-34-14-13-27-23(26-3)28-16-25/h9-12,17H,4-8,13-15,18H2,1-3H3,(H2,26,27,28). The highest BCUT2D eigenvalue weighted by molar-refractivity contribution is 7.98. The number of carbonyl (C=O) groups excluding carboxylic acids is 1. The average molecular weight is 487 g/mol. The first-order valence-corrected chi connectivity index (χ1v) is 12.6. The lowest BCUT2D eigenvalue weighted by Crippen LogP contribution is -2.35. The van der Waals surface area contributed by atoms with Gasteiger partial charge < -0.3 is 19.4 Å². The second-order valence-electron chi connectivity index (χ2n) is 7.61. The minimum absolute atomic E-state index is 0.0373. The van der Waals surface area contributed by atoms with Gasteiger partial charge in [0.1, 0.15) is 5.75 Å². The molecule has 1 heterocycles. The number of ether oxygens (including phenoxy) is 2. The summed E-state index contributed by atoms with van der Waals surface area (Å²) >= 11 is 1.70. The van der Waals surface area contributed by atoms with Crippen LogP contribution in [0.25, 0.3) is 0 Å². The molecule has 0 unspecified atom stereocenters. The Hall–Kier alpha value is -3.19.